The molecule has 0 unspecified atom stereocenters. The Kier molecular flexibility index (Phi) is 9.58. The Bertz CT molecular complexity index is 3680. The molecule has 0 fully saturated rings. The minimum atomic E-state index is 1.09. The Balaban J connectivity index is 1.06. The highest BCUT2D eigenvalue weighted by Gasteiger charge is 2.21. The third-order valence-electron chi connectivity index (χ3n) is 13.0. The van der Waals surface area contributed by atoms with Gasteiger partial charge in [-0.1, -0.05) is 218 Å². The molecule has 0 atom stereocenters. The van der Waals surface area contributed by atoms with Crippen molar-refractivity contribution in [2.75, 3.05) is 4.90 Å². The van der Waals surface area contributed by atoms with Crippen molar-refractivity contribution in [1.29, 1.82) is 0 Å². The van der Waals surface area contributed by atoms with Gasteiger partial charge in [0, 0.05) is 16.9 Å². The predicted molar refractivity (Wildman–Crippen MR) is 278 cm³/mol. The zero-order valence-electron chi connectivity index (χ0n) is 35.8. The van der Waals surface area contributed by atoms with Crippen LogP contribution in [0.2, 0.25) is 0 Å². The van der Waals surface area contributed by atoms with Crippen LogP contribution in [0.15, 0.2) is 261 Å². The van der Waals surface area contributed by atoms with E-state index >= 15 is 0 Å². The van der Waals surface area contributed by atoms with Crippen LogP contribution in [0.3, 0.4) is 0 Å². The topological polar surface area (TPSA) is 3.24 Å². The average Bonchev–Trinajstić information content (AvgIpc) is 3.39. The van der Waals surface area contributed by atoms with Gasteiger partial charge in [-0.3, -0.25) is 0 Å². The van der Waals surface area contributed by atoms with Crippen LogP contribution in [0, 0.1) is 0 Å². The monoisotopic (exact) mass is 825 g/mol. The highest BCUT2D eigenvalue weighted by Crippen LogP contribution is 2.48. The molecule has 0 heterocycles. The minimum Gasteiger partial charge on any atom is -0.310 e. The number of anilines is 3. The summed E-state index contributed by atoms with van der Waals surface area (Å²) in [6.07, 6.45) is 0. The molecule has 1 heteroatoms. The molecule has 0 spiro atoms. The first kappa shape index (κ1) is 38.2. The number of fused-ring (bicyclic) bond motifs is 5. The van der Waals surface area contributed by atoms with Crippen molar-refractivity contribution < 1.29 is 0 Å². The summed E-state index contributed by atoms with van der Waals surface area (Å²) >= 11 is 0. The van der Waals surface area contributed by atoms with Gasteiger partial charge < -0.3 is 4.90 Å². The van der Waals surface area contributed by atoms with Crippen LogP contribution in [0.4, 0.5) is 17.1 Å². The lowest BCUT2D eigenvalue weighted by Crippen LogP contribution is -2.11. The second kappa shape index (κ2) is 16.3. The first-order valence-electron chi connectivity index (χ1n) is 22.4. The van der Waals surface area contributed by atoms with Gasteiger partial charge in [-0.05, 0) is 136 Å². The van der Waals surface area contributed by atoms with Gasteiger partial charge in [0.15, 0.2) is 0 Å². The molecule has 0 aliphatic rings. The summed E-state index contributed by atoms with van der Waals surface area (Å²) in [6, 6.07) is 95.3. The summed E-state index contributed by atoms with van der Waals surface area (Å²) in [6.45, 7) is 0. The fourth-order valence-electron chi connectivity index (χ4n) is 9.96. The number of nitrogens with zero attached hydrogens (tertiary/aromatic N) is 1. The van der Waals surface area contributed by atoms with Crippen molar-refractivity contribution in [3.05, 3.63) is 261 Å². The van der Waals surface area contributed by atoms with E-state index in [0.29, 0.717) is 0 Å². The molecule has 0 aliphatic heterocycles. The van der Waals surface area contributed by atoms with Gasteiger partial charge in [0.2, 0.25) is 0 Å². The van der Waals surface area contributed by atoms with Gasteiger partial charge in [-0.2, -0.15) is 0 Å². The Morgan fingerprint density at radius 3 is 1.48 bits per heavy atom. The van der Waals surface area contributed by atoms with E-state index in [2.05, 4.69) is 266 Å². The molecule has 0 saturated heterocycles. The van der Waals surface area contributed by atoms with E-state index in [-0.39, 0.29) is 0 Å². The van der Waals surface area contributed by atoms with E-state index in [1.54, 1.807) is 0 Å². The summed E-state index contributed by atoms with van der Waals surface area (Å²) in [5.74, 6) is 0. The van der Waals surface area contributed by atoms with Gasteiger partial charge in [-0.15, -0.1) is 0 Å². The number of hydrogen-bond donors (Lipinski definition) is 0. The molecule has 0 amide bonds. The summed E-state index contributed by atoms with van der Waals surface area (Å²) in [5.41, 5.74) is 15.4. The standard InChI is InChI=1S/C64H43N/c1-4-17-44(18-5-1)49-31-32-51-42-54(39-35-50(51)41-49)65(53-37-33-46(34-38-53)56-29-16-24-45-19-10-11-25-55(45)56)62-30-15-14-26-57(62)52-36-40-59-58-27-12-13-28-60(58)63(47-20-6-2-7-21-47)64(61(59)43-52)48-22-8-3-9-23-48/h1-43H. The first-order valence-corrected chi connectivity index (χ1v) is 22.4. The zero-order chi connectivity index (χ0) is 43.1. The van der Waals surface area contributed by atoms with Crippen molar-refractivity contribution in [3.8, 4) is 55.6 Å². The van der Waals surface area contributed by atoms with Gasteiger partial charge >= 0.3 is 0 Å². The van der Waals surface area contributed by atoms with Gasteiger partial charge in [0.05, 0.1) is 5.69 Å². The molecule has 12 aromatic rings. The van der Waals surface area contributed by atoms with Crippen LogP contribution in [-0.2, 0) is 0 Å². The van der Waals surface area contributed by atoms with Crippen molar-refractivity contribution in [2.45, 2.75) is 0 Å². The number of rotatable bonds is 8. The Morgan fingerprint density at radius 2 is 0.723 bits per heavy atom. The molecular formula is C64H43N. The van der Waals surface area contributed by atoms with E-state index in [4.69, 9.17) is 0 Å². The number of para-hydroxylation sites is 1. The molecule has 0 aliphatic carbocycles. The van der Waals surface area contributed by atoms with Crippen LogP contribution in [0.5, 0.6) is 0 Å². The molecule has 304 valence electrons. The second-order valence-corrected chi connectivity index (χ2v) is 16.8. The lowest BCUT2D eigenvalue weighted by molar-refractivity contribution is 1.29. The number of hydrogen-bond acceptors (Lipinski definition) is 1. The van der Waals surface area contributed by atoms with E-state index in [1.165, 1.54) is 87.6 Å². The highest BCUT2D eigenvalue weighted by molar-refractivity contribution is 6.22. The SMILES string of the molecule is c1ccc(-c2ccc3cc(N(c4ccc(-c5cccc6ccccc56)cc4)c4ccccc4-c4ccc5c(c4)c(-c4ccccc4)c(-c4ccccc4)c4ccccc45)ccc3c2)cc1. The normalized spacial score (nSPS) is 11.4. The summed E-state index contributed by atoms with van der Waals surface area (Å²) in [5, 5.41) is 9.87. The molecule has 0 aromatic heterocycles. The quantitative estimate of drug-likeness (QED) is 0.138. The molecule has 0 bridgehead atoms. The fraction of sp³-hybridized carbons (Fsp3) is 0. The highest BCUT2D eigenvalue weighted by atomic mass is 15.1. The van der Waals surface area contributed by atoms with E-state index in [0.717, 1.165) is 28.2 Å². The molecular weight excluding hydrogens is 783 g/mol. The predicted octanol–water partition coefficient (Wildman–Crippen LogP) is 18.1. The van der Waals surface area contributed by atoms with Crippen LogP contribution >= 0.6 is 0 Å². The van der Waals surface area contributed by atoms with Crippen LogP contribution in [0.25, 0.3) is 98.7 Å². The molecule has 0 N–H and O–H groups in total. The van der Waals surface area contributed by atoms with Gasteiger partial charge in [0.1, 0.15) is 0 Å². The largest absolute Gasteiger partial charge is 0.310 e. The maximum Gasteiger partial charge on any atom is 0.0540 e. The van der Waals surface area contributed by atoms with Crippen molar-refractivity contribution in [3.63, 3.8) is 0 Å². The summed E-state index contributed by atoms with van der Waals surface area (Å²) < 4.78 is 0. The summed E-state index contributed by atoms with van der Waals surface area (Å²) in [4.78, 5) is 2.44. The lowest BCUT2D eigenvalue weighted by Gasteiger charge is -2.28. The summed E-state index contributed by atoms with van der Waals surface area (Å²) in [7, 11) is 0. The molecule has 1 nitrogen and oxygen atoms in total. The maximum absolute atomic E-state index is 2.44. The van der Waals surface area contributed by atoms with Crippen LogP contribution in [-0.4, -0.2) is 0 Å². The Labute approximate surface area is 379 Å². The Hall–Kier alpha value is -8.52. The zero-order valence-corrected chi connectivity index (χ0v) is 35.8. The second-order valence-electron chi connectivity index (χ2n) is 16.8. The fourth-order valence-corrected chi connectivity index (χ4v) is 9.96. The van der Waals surface area contributed by atoms with Crippen molar-refractivity contribution in [1.82, 2.24) is 0 Å². The third-order valence-corrected chi connectivity index (χ3v) is 13.0. The van der Waals surface area contributed by atoms with Crippen molar-refractivity contribution in [2.24, 2.45) is 0 Å². The van der Waals surface area contributed by atoms with Crippen molar-refractivity contribution >= 4 is 60.2 Å². The smallest absolute Gasteiger partial charge is 0.0540 e. The molecule has 12 aromatic carbocycles. The molecule has 65 heavy (non-hydrogen) atoms. The molecule has 0 saturated carbocycles. The van der Waals surface area contributed by atoms with E-state index in [1.807, 2.05) is 0 Å². The Morgan fingerprint density at radius 1 is 0.215 bits per heavy atom. The lowest BCUT2D eigenvalue weighted by atomic mass is 9.84. The van der Waals surface area contributed by atoms with Gasteiger partial charge in [-0.25, -0.2) is 0 Å². The third kappa shape index (κ3) is 6.92. The van der Waals surface area contributed by atoms with E-state index in [9.17, 15) is 0 Å². The van der Waals surface area contributed by atoms with Gasteiger partial charge in [0.25, 0.3) is 0 Å². The number of benzene rings is 12. The molecule has 0 radical (unpaired) electrons. The minimum absolute atomic E-state index is 1.09. The first-order chi connectivity index (χ1) is 32.2. The average molecular weight is 826 g/mol. The van der Waals surface area contributed by atoms with Crippen LogP contribution in [0.1, 0.15) is 0 Å². The van der Waals surface area contributed by atoms with E-state index < -0.39 is 0 Å². The maximum atomic E-state index is 2.44. The molecule has 12 rings (SSSR count). The van der Waals surface area contributed by atoms with Crippen LogP contribution < -0.4 is 4.90 Å².